The van der Waals surface area contributed by atoms with Gasteiger partial charge in [-0.1, -0.05) is 66.7 Å². The Hall–Kier alpha value is -5.04. The number of carbonyl (C=O) groups excluding carboxylic acids is 3. The van der Waals surface area contributed by atoms with Crippen molar-refractivity contribution in [1.29, 1.82) is 0 Å². The van der Waals surface area contributed by atoms with Gasteiger partial charge in [0.15, 0.2) is 6.29 Å². The van der Waals surface area contributed by atoms with E-state index in [0.717, 1.165) is 27.6 Å². The van der Waals surface area contributed by atoms with Crippen molar-refractivity contribution in [3.05, 3.63) is 108 Å². The molecule has 0 aliphatic rings. The molecule has 0 unspecified atom stereocenters. The lowest BCUT2D eigenvalue weighted by molar-refractivity contribution is -0.179. The van der Waals surface area contributed by atoms with Crippen molar-refractivity contribution >= 4 is 28.7 Å². The molecule has 284 valence electrons. The highest BCUT2D eigenvalue weighted by Crippen LogP contribution is 2.24. The SMILES string of the molecule is CCOC(OCC)[C@H](C)N(Cc1cccc2cccnc12)C(=O)[C@H](Cc1ccc(OC(C)(C)C)cc1)NC(=O)CN(C)N(Cc1ccccc1)C(N)=O. The number of rotatable bonds is 18. The molecule has 3 aromatic carbocycles. The maximum atomic E-state index is 15.0. The third-order valence-corrected chi connectivity index (χ3v) is 8.52. The number of aromatic nitrogens is 1. The number of hydrogen-bond donors (Lipinski definition) is 2. The molecule has 0 aliphatic heterocycles. The predicted molar refractivity (Wildman–Crippen MR) is 205 cm³/mol. The number of benzene rings is 3. The smallest absolute Gasteiger partial charge is 0.329 e. The quantitative estimate of drug-likeness (QED) is 0.0987. The standard InChI is InChI=1S/C41H54N6O6/c1-8-51-39(52-9-2)29(3)46(27-33-18-13-17-32-19-14-24-43-37(32)33)38(49)35(25-30-20-22-34(23-21-30)53-41(4,5)6)44-36(48)28-45(7)47(40(42)50)26-31-15-11-10-12-16-31/h10-24,29,35,39H,8-9,25-28H2,1-7H3,(H2,42,50)(H,44,48)/t29-,35-/m0/s1. The number of ether oxygens (including phenoxy) is 3. The lowest BCUT2D eigenvalue weighted by Crippen LogP contribution is -2.57. The molecule has 0 radical (unpaired) electrons. The van der Waals surface area contributed by atoms with Gasteiger partial charge in [0.05, 0.1) is 24.6 Å². The largest absolute Gasteiger partial charge is 0.488 e. The molecule has 4 rings (SSSR count). The van der Waals surface area contributed by atoms with Crippen LogP contribution in [-0.2, 0) is 38.6 Å². The first kappa shape index (κ1) is 40.7. The monoisotopic (exact) mass is 726 g/mol. The summed E-state index contributed by atoms with van der Waals surface area (Å²) in [5.41, 5.74) is 8.62. The molecule has 0 saturated heterocycles. The number of nitrogens with two attached hydrogens (primary N) is 1. The molecule has 0 saturated carbocycles. The molecule has 0 fully saturated rings. The van der Waals surface area contributed by atoms with Crippen LogP contribution in [-0.4, -0.2) is 88.5 Å². The third-order valence-electron chi connectivity index (χ3n) is 8.52. The second-order valence-electron chi connectivity index (χ2n) is 13.9. The molecule has 4 aromatic rings. The zero-order chi connectivity index (χ0) is 38.5. The molecule has 0 spiro atoms. The molecule has 4 amide bonds. The number of urea groups is 1. The van der Waals surface area contributed by atoms with Crippen molar-refractivity contribution in [2.45, 2.75) is 85.0 Å². The minimum absolute atomic E-state index is 0.173. The van der Waals surface area contributed by atoms with Crippen molar-refractivity contribution in [2.24, 2.45) is 5.73 Å². The molecule has 53 heavy (non-hydrogen) atoms. The molecule has 0 bridgehead atoms. The number of likely N-dealkylation sites (N-methyl/N-ethyl adjacent to an activating group) is 1. The molecule has 3 N–H and O–H groups in total. The molecular weight excluding hydrogens is 672 g/mol. The number of hydrazine groups is 1. The highest BCUT2D eigenvalue weighted by Gasteiger charge is 2.34. The number of para-hydroxylation sites is 1. The van der Waals surface area contributed by atoms with Gasteiger partial charge in [0.1, 0.15) is 17.4 Å². The van der Waals surface area contributed by atoms with E-state index in [1.54, 1.807) is 18.1 Å². The topological polar surface area (TPSA) is 140 Å². The summed E-state index contributed by atoms with van der Waals surface area (Å²) in [6.07, 6.45) is 1.18. The summed E-state index contributed by atoms with van der Waals surface area (Å²) < 4.78 is 18.0. The van der Waals surface area contributed by atoms with Crippen LogP contribution >= 0.6 is 0 Å². The first-order valence-electron chi connectivity index (χ1n) is 18.0. The van der Waals surface area contributed by atoms with Crippen molar-refractivity contribution in [3.63, 3.8) is 0 Å². The number of carbonyl (C=O) groups is 3. The normalized spacial score (nSPS) is 12.8. The summed E-state index contributed by atoms with van der Waals surface area (Å²) in [6, 6.07) is 24.3. The van der Waals surface area contributed by atoms with Gasteiger partial charge in [-0.05, 0) is 76.4 Å². The summed E-state index contributed by atoms with van der Waals surface area (Å²) in [7, 11) is 1.61. The Morgan fingerprint density at radius 2 is 1.51 bits per heavy atom. The van der Waals surface area contributed by atoms with Crippen LogP contribution in [0.25, 0.3) is 10.9 Å². The molecule has 12 heteroatoms. The lowest BCUT2D eigenvalue weighted by atomic mass is 10.0. The van der Waals surface area contributed by atoms with E-state index < -0.39 is 30.3 Å². The van der Waals surface area contributed by atoms with Gasteiger partial charge in [-0.2, -0.15) is 0 Å². The zero-order valence-corrected chi connectivity index (χ0v) is 32.0. The molecular formula is C41H54N6O6. The fourth-order valence-electron chi connectivity index (χ4n) is 6.04. The second kappa shape index (κ2) is 19.2. The number of hydrogen-bond acceptors (Lipinski definition) is 8. The van der Waals surface area contributed by atoms with Crippen molar-refractivity contribution in [3.8, 4) is 5.75 Å². The molecule has 1 heterocycles. The summed E-state index contributed by atoms with van der Waals surface area (Å²) in [4.78, 5) is 47.6. The Balaban J connectivity index is 1.68. The number of amides is 4. The molecule has 2 atom stereocenters. The first-order valence-corrected chi connectivity index (χ1v) is 18.0. The summed E-state index contributed by atoms with van der Waals surface area (Å²) in [5, 5.41) is 6.67. The van der Waals surface area contributed by atoms with Crippen LogP contribution in [0.2, 0.25) is 0 Å². The Morgan fingerprint density at radius 3 is 2.13 bits per heavy atom. The highest BCUT2D eigenvalue weighted by atomic mass is 16.7. The maximum absolute atomic E-state index is 15.0. The minimum atomic E-state index is -1.00. The number of nitrogens with one attached hydrogen (secondary N) is 1. The average molecular weight is 727 g/mol. The predicted octanol–water partition coefficient (Wildman–Crippen LogP) is 5.68. The summed E-state index contributed by atoms with van der Waals surface area (Å²) in [6.45, 7) is 12.4. The van der Waals surface area contributed by atoms with E-state index in [2.05, 4.69) is 10.3 Å². The fourth-order valence-corrected chi connectivity index (χ4v) is 6.04. The van der Waals surface area contributed by atoms with Crippen LogP contribution in [0.15, 0.2) is 91.1 Å². The van der Waals surface area contributed by atoms with Crippen LogP contribution in [0.4, 0.5) is 4.79 Å². The van der Waals surface area contributed by atoms with Gasteiger partial charge in [-0.3, -0.25) is 19.6 Å². The number of pyridine rings is 1. The molecule has 1 aromatic heterocycles. The van der Waals surface area contributed by atoms with E-state index in [1.165, 1.54) is 10.0 Å². The van der Waals surface area contributed by atoms with Gasteiger partial charge in [0.25, 0.3) is 0 Å². The molecule has 12 nitrogen and oxygen atoms in total. The van der Waals surface area contributed by atoms with Gasteiger partial charge < -0.3 is 30.2 Å². The van der Waals surface area contributed by atoms with E-state index in [1.807, 2.05) is 126 Å². The van der Waals surface area contributed by atoms with E-state index >= 15 is 0 Å². The average Bonchev–Trinajstić information content (AvgIpc) is 3.12. The van der Waals surface area contributed by atoms with E-state index in [9.17, 15) is 14.4 Å². The number of nitrogens with zero attached hydrogens (tertiary/aromatic N) is 4. The van der Waals surface area contributed by atoms with Gasteiger partial charge >= 0.3 is 6.03 Å². The van der Waals surface area contributed by atoms with Crippen LogP contribution in [0.1, 0.15) is 58.2 Å². The van der Waals surface area contributed by atoms with Crippen LogP contribution in [0, 0.1) is 0 Å². The van der Waals surface area contributed by atoms with E-state index in [-0.39, 0.29) is 37.6 Å². The van der Waals surface area contributed by atoms with Crippen molar-refractivity contribution in [2.75, 3.05) is 26.8 Å². The van der Waals surface area contributed by atoms with Crippen LogP contribution in [0.3, 0.4) is 0 Å². The minimum Gasteiger partial charge on any atom is -0.488 e. The first-order chi connectivity index (χ1) is 25.3. The Labute approximate surface area is 313 Å². The van der Waals surface area contributed by atoms with Crippen LogP contribution in [0.5, 0.6) is 5.75 Å². The van der Waals surface area contributed by atoms with Crippen molar-refractivity contribution < 1.29 is 28.6 Å². The van der Waals surface area contributed by atoms with Gasteiger partial charge in [0, 0.05) is 44.8 Å². The lowest BCUT2D eigenvalue weighted by Gasteiger charge is -2.37. The van der Waals surface area contributed by atoms with E-state index in [4.69, 9.17) is 19.9 Å². The van der Waals surface area contributed by atoms with E-state index in [0.29, 0.717) is 19.0 Å². The fraction of sp³-hybridized carbons (Fsp3) is 0.415. The van der Waals surface area contributed by atoms with Gasteiger partial charge in [-0.15, -0.1) is 0 Å². The maximum Gasteiger partial charge on any atom is 0.329 e. The second-order valence-corrected chi connectivity index (χ2v) is 13.9. The molecule has 0 aliphatic carbocycles. The van der Waals surface area contributed by atoms with Crippen LogP contribution < -0.4 is 15.8 Å². The van der Waals surface area contributed by atoms with Crippen molar-refractivity contribution in [1.82, 2.24) is 25.2 Å². The van der Waals surface area contributed by atoms with Gasteiger partial charge in [-0.25, -0.2) is 9.80 Å². The highest BCUT2D eigenvalue weighted by molar-refractivity contribution is 5.89. The zero-order valence-electron chi connectivity index (χ0n) is 32.0. The third kappa shape index (κ3) is 12.0. The number of primary amides is 1. The number of fused-ring (bicyclic) bond motifs is 1. The summed E-state index contributed by atoms with van der Waals surface area (Å²) in [5.74, 6) is -0.116. The Morgan fingerprint density at radius 1 is 0.849 bits per heavy atom. The van der Waals surface area contributed by atoms with Gasteiger partial charge in [0.2, 0.25) is 11.8 Å². The Bertz CT molecular complexity index is 1770. The Kier molecular flexibility index (Phi) is 14.7. The summed E-state index contributed by atoms with van der Waals surface area (Å²) >= 11 is 0.